The van der Waals surface area contributed by atoms with E-state index in [1.807, 2.05) is 12.3 Å². The van der Waals surface area contributed by atoms with Gasteiger partial charge in [0.05, 0.1) is 5.69 Å². The van der Waals surface area contributed by atoms with Crippen LogP contribution >= 0.6 is 0 Å². The highest BCUT2D eigenvalue weighted by atomic mass is 15.0. The molecule has 3 nitrogen and oxygen atoms in total. The molecule has 0 spiro atoms. The molecule has 1 aliphatic heterocycles. The minimum absolute atomic E-state index is 0.348. The molecule has 1 saturated carbocycles. The highest BCUT2D eigenvalue weighted by molar-refractivity contribution is 5.08. The molecule has 1 aromatic heterocycles. The SMILES string of the molecule is C[C@H](NC1CCCCC1C1CCCCN1)c1ccccn1. The first-order valence-electron chi connectivity index (χ1n) is 8.75. The summed E-state index contributed by atoms with van der Waals surface area (Å²) in [6.07, 6.45) is 11.5. The van der Waals surface area contributed by atoms with Gasteiger partial charge in [-0.3, -0.25) is 4.98 Å². The van der Waals surface area contributed by atoms with E-state index in [4.69, 9.17) is 0 Å². The van der Waals surface area contributed by atoms with E-state index in [0.29, 0.717) is 12.1 Å². The molecule has 3 rings (SSSR count). The lowest BCUT2D eigenvalue weighted by molar-refractivity contribution is 0.173. The van der Waals surface area contributed by atoms with Crippen LogP contribution in [0.15, 0.2) is 24.4 Å². The highest BCUT2D eigenvalue weighted by Crippen LogP contribution is 2.31. The van der Waals surface area contributed by atoms with E-state index in [1.165, 1.54) is 57.2 Å². The second-order valence-corrected chi connectivity index (χ2v) is 6.75. The summed E-state index contributed by atoms with van der Waals surface area (Å²) in [5.74, 6) is 0.796. The van der Waals surface area contributed by atoms with E-state index < -0.39 is 0 Å². The molecule has 0 radical (unpaired) electrons. The molecule has 21 heavy (non-hydrogen) atoms. The van der Waals surface area contributed by atoms with Crippen LogP contribution in [0.1, 0.15) is 63.6 Å². The molecule has 2 N–H and O–H groups in total. The fourth-order valence-electron chi connectivity index (χ4n) is 4.13. The first-order valence-corrected chi connectivity index (χ1v) is 8.75. The summed E-state index contributed by atoms with van der Waals surface area (Å²) in [5.41, 5.74) is 1.17. The first-order chi connectivity index (χ1) is 10.3. The largest absolute Gasteiger partial charge is 0.314 e. The zero-order valence-electron chi connectivity index (χ0n) is 13.2. The van der Waals surface area contributed by atoms with Gasteiger partial charge >= 0.3 is 0 Å². The second-order valence-electron chi connectivity index (χ2n) is 6.75. The van der Waals surface area contributed by atoms with Gasteiger partial charge in [-0.1, -0.05) is 25.3 Å². The van der Waals surface area contributed by atoms with Crippen molar-refractivity contribution in [3.8, 4) is 0 Å². The van der Waals surface area contributed by atoms with Crippen LogP contribution in [0.3, 0.4) is 0 Å². The van der Waals surface area contributed by atoms with Crippen LogP contribution in [0, 0.1) is 5.92 Å². The van der Waals surface area contributed by atoms with Gasteiger partial charge in [-0.15, -0.1) is 0 Å². The zero-order chi connectivity index (χ0) is 14.5. The molecule has 1 aliphatic carbocycles. The third-order valence-corrected chi connectivity index (χ3v) is 5.28. The van der Waals surface area contributed by atoms with Crippen molar-refractivity contribution in [1.29, 1.82) is 0 Å². The number of hydrogen-bond donors (Lipinski definition) is 2. The molecule has 2 fully saturated rings. The molecule has 3 heteroatoms. The van der Waals surface area contributed by atoms with Crippen LogP contribution in [0.4, 0.5) is 0 Å². The van der Waals surface area contributed by atoms with Crippen LogP contribution in [0.25, 0.3) is 0 Å². The van der Waals surface area contributed by atoms with Crippen LogP contribution in [0.5, 0.6) is 0 Å². The Morgan fingerprint density at radius 3 is 2.76 bits per heavy atom. The first kappa shape index (κ1) is 15.0. The van der Waals surface area contributed by atoms with Crippen LogP contribution in [-0.2, 0) is 0 Å². The van der Waals surface area contributed by atoms with Gasteiger partial charge in [0.25, 0.3) is 0 Å². The Kier molecular flexibility index (Phi) is 5.26. The van der Waals surface area contributed by atoms with Crippen molar-refractivity contribution in [1.82, 2.24) is 15.6 Å². The zero-order valence-corrected chi connectivity index (χ0v) is 13.2. The van der Waals surface area contributed by atoms with E-state index in [0.717, 1.165) is 12.0 Å². The Bertz CT molecular complexity index is 414. The van der Waals surface area contributed by atoms with Gasteiger partial charge in [-0.25, -0.2) is 0 Å². The van der Waals surface area contributed by atoms with Crippen LogP contribution in [-0.4, -0.2) is 23.6 Å². The van der Waals surface area contributed by atoms with Gasteiger partial charge in [0.2, 0.25) is 0 Å². The third kappa shape index (κ3) is 3.83. The molecule has 116 valence electrons. The molecule has 2 aliphatic rings. The van der Waals surface area contributed by atoms with Crippen molar-refractivity contribution in [3.05, 3.63) is 30.1 Å². The normalized spacial score (nSPS) is 31.8. The summed E-state index contributed by atoms with van der Waals surface area (Å²) in [4.78, 5) is 4.50. The number of hydrogen-bond acceptors (Lipinski definition) is 3. The average Bonchev–Trinajstić information content (AvgIpc) is 2.57. The number of aromatic nitrogens is 1. The number of rotatable bonds is 4. The Hall–Kier alpha value is -0.930. The van der Waals surface area contributed by atoms with Gasteiger partial charge < -0.3 is 10.6 Å². The lowest BCUT2D eigenvalue weighted by atomic mass is 9.77. The smallest absolute Gasteiger partial charge is 0.0570 e. The molecule has 3 unspecified atom stereocenters. The van der Waals surface area contributed by atoms with Gasteiger partial charge in [-0.2, -0.15) is 0 Å². The van der Waals surface area contributed by atoms with Crippen molar-refractivity contribution < 1.29 is 0 Å². The van der Waals surface area contributed by atoms with E-state index in [1.54, 1.807) is 0 Å². The summed E-state index contributed by atoms with van der Waals surface area (Å²) in [6, 6.07) is 7.93. The van der Waals surface area contributed by atoms with E-state index in [9.17, 15) is 0 Å². The molecule has 0 amide bonds. The van der Waals surface area contributed by atoms with Gasteiger partial charge in [-0.05, 0) is 57.2 Å². The van der Waals surface area contributed by atoms with E-state index in [2.05, 4.69) is 34.7 Å². The van der Waals surface area contributed by atoms with Crippen LogP contribution in [0.2, 0.25) is 0 Å². The minimum Gasteiger partial charge on any atom is -0.314 e. The topological polar surface area (TPSA) is 37.0 Å². The molecule has 2 heterocycles. The standard InChI is InChI=1S/C18H29N3/c1-14(16-9-4-6-12-19-16)21-18-11-3-2-8-15(18)17-10-5-7-13-20-17/h4,6,9,12,14-15,17-18,20-21H,2-3,5,7-8,10-11,13H2,1H3/t14-,15?,17?,18?/m0/s1. The van der Waals surface area contributed by atoms with Crippen LogP contribution < -0.4 is 10.6 Å². The fraction of sp³-hybridized carbons (Fsp3) is 0.722. The Morgan fingerprint density at radius 1 is 1.14 bits per heavy atom. The summed E-state index contributed by atoms with van der Waals surface area (Å²) in [5, 5.41) is 7.66. The van der Waals surface area contributed by atoms with Crippen molar-refractivity contribution in [3.63, 3.8) is 0 Å². The average molecular weight is 287 g/mol. The molecule has 0 bridgehead atoms. The quantitative estimate of drug-likeness (QED) is 0.891. The number of nitrogens with zero attached hydrogens (tertiary/aromatic N) is 1. The summed E-state index contributed by atoms with van der Waals surface area (Å²) >= 11 is 0. The second kappa shape index (κ2) is 7.37. The van der Waals surface area contributed by atoms with Gasteiger partial charge in [0, 0.05) is 24.3 Å². The molecule has 1 saturated heterocycles. The molecule has 4 atom stereocenters. The van der Waals surface area contributed by atoms with Crippen molar-refractivity contribution >= 4 is 0 Å². The van der Waals surface area contributed by atoms with Crippen molar-refractivity contribution in [2.75, 3.05) is 6.54 Å². The van der Waals surface area contributed by atoms with E-state index in [-0.39, 0.29) is 0 Å². The maximum Gasteiger partial charge on any atom is 0.0570 e. The maximum absolute atomic E-state index is 4.50. The van der Waals surface area contributed by atoms with Gasteiger partial charge in [0.15, 0.2) is 0 Å². The molecular weight excluding hydrogens is 258 g/mol. The lowest BCUT2D eigenvalue weighted by Crippen LogP contribution is -2.51. The maximum atomic E-state index is 4.50. The summed E-state index contributed by atoms with van der Waals surface area (Å²) in [7, 11) is 0. The van der Waals surface area contributed by atoms with Gasteiger partial charge in [0.1, 0.15) is 0 Å². The minimum atomic E-state index is 0.348. The number of pyridine rings is 1. The molecule has 0 aromatic carbocycles. The fourth-order valence-corrected chi connectivity index (χ4v) is 4.13. The predicted molar refractivity (Wildman–Crippen MR) is 87.2 cm³/mol. The van der Waals surface area contributed by atoms with Crippen molar-refractivity contribution in [2.24, 2.45) is 5.92 Å². The third-order valence-electron chi connectivity index (χ3n) is 5.28. The monoisotopic (exact) mass is 287 g/mol. The number of nitrogens with one attached hydrogen (secondary N) is 2. The Balaban J connectivity index is 1.63. The Morgan fingerprint density at radius 2 is 2.00 bits per heavy atom. The highest BCUT2D eigenvalue weighted by Gasteiger charge is 2.33. The predicted octanol–water partition coefficient (Wildman–Crippen LogP) is 3.43. The summed E-state index contributed by atoms with van der Waals surface area (Å²) < 4.78 is 0. The van der Waals surface area contributed by atoms with Crippen molar-refractivity contribution in [2.45, 2.75) is 70.0 Å². The molecular formula is C18H29N3. The Labute approximate surface area is 128 Å². The molecule has 1 aromatic rings. The van der Waals surface area contributed by atoms with E-state index >= 15 is 0 Å². The summed E-state index contributed by atoms with van der Waals surface area (Å²) in [6.45, 7) is 3.46. The lowest BCUT2D eigenvalue weighted by Gasteiger charge is -2.41. The number of piperidine rings is 1.